The molecule has 6 nitrogen and oxygen atoms in total. The average molecular weight is 522 g/mol. The molecular weight excluding hydrogens is 507 g/mol. The number of hydrogen-bond donors (Lipinski definition) is 2. The van der Waals surface area contributed by atoms with E-state index in [2.05, 4.69) is 9.46 Å². The lowest BCUT2D eigenvalue weighted by Crippen LogP contribution is -2.18. The van der Waals surface area contributed by atoms with Gasteiger partial charge in [0.05, 0.1) is 21.2 Å². The molecule has 0 spiro atoms. The second kappa shape index (κ2) is 9.12. The van der Waals surface area contributed by atoms with E-state index in [1.165, 1.54) is 18.2 Å². The molecule has 180 valence electrons. The van der Waals surface area contributed by atoms with Crippen molar-refractivity contribution in [2.24, 2.45) is 0 Å². The number of hydrogen-bond acceptors (Lipinski definition) is 4. The van der Waals surface area contributed by atoms with Crippen molar-refractivity contribution in [2.75, 3.05) is 4.72 Å². The van der Waals surface area contributed by atoms with Crippen LogP contribution in [-0.4, -0.2) is 25.9 Å². The van der Waals surface area contributed by atoms with Crippen molar-refractivity contribution in [2.45, 2.75) is 11.3 Å². The van der Waals surface area contributed by atoms with Crippen LogP contribution < -0.4 is 9.46 Å². The average Bonchev–Trinajstić information content (AvgIpc) is 2.79. The number of sulfonamides is 1. The van der Waals surface area contributed by atoms with Crippen molar-refractivity contribution >= 4 is 44.1 Å². The fraction of sp³-hybridized carbons (Fsp3) is 0.0417. The predicted octanol–water partition coefficient (Wildman–Crippen LogP) is 6.56. The summed E-state index contributed by atoms with van der Waals surface area (Å²) in [4.78, 5) is 11.0. The fourth-order valence-electron chi connectivity index (χ4n) is 3.52. The highest BCUT2D eigenvalue weighted by atomic mass is 35.5. The quantitative estimate of drug-likeness (QED) is 0.300. The molecule has 0 aliphatic rings. The second-order valence-corrected chi connectivity index (χ2v) is 9.43. The molecule has 0 saturated heterocycles. The summed E-state index contributed by atoms with van der Waals surface area (Å²) in [5, 5.41) is 9.95. The number of alkyl halides is 3. The van der Waals surface area contributed by atoms with Gasteiger partial charge in [0, 0.05) is 5.39 Å². The van der Waals surface area contributed by atoms with Crippen LogP contribution in [0, 0.1) is 0 Å². The molecule has 0 atom stereocenters. The van der Waals surface area contributed by atoms with E-state index < -0.39 is 33.1 Å². The molecule has 0 radical (unpaired) electrons. The number of carboxylic acid groups (broad SMARTS) is 1. The second-order valence-electron chi connectivity index (χ2n) is 7.34. The van der Waals surface area contributed by atoms with Gasteiger partial charge in [-0.2, -0.15) is 0 Å². The highest BCUT2D eigenvalue weighted by Crippen LogP contribution is 2.36. The Kier molecular flexibility index (Phi) is 6.35. The van der Waals surface area contributed by atoms with Gasteiger partial charge in [-0.25, -0.2) is 13.2 Å². The third-order valence-corrected chi connectivity index (χ3v) is 6.69. The first-order valence-corrected chi connectivity index (χ1v) is 11.7. The maximum atomic E-state index is 13.0. The summed E-state index contributed by atoms with van der Waals surface area (Å²) in [7, 11) is -4.23. The van der Waals surface area contributed by atoms with Gasteiger partial charge in [0.15, 0.2) is 0 Å². The van der Waals surface area contributed by atoms with Gasteiger partial charge in [-0.1, -0.05) is 54.1 Å². The van der Waals surface area contributed by atoms with Gasteiger partial charge in [0.2, 0.25) is 0 Å². The topological polar surface area (TPSA) is 92.7 Å². The van der Waals surface area contributed by atoms with Crippen molar-refractivity contribution < 1.29 is 36.2 Å². The predicted molar refractivity (Wildman–Crippen MR) is 125 cm³/mol. The van der Waals surface area contributed by atoms with Gasteiger partial charge in [-0.05, 0) is 52.9 Å². The van der Waals surface area contributed by atoms with E-state index in [4.69, 9.17) is 11.6 Å². The molecule has 0 aromatic heterocycles. The number of carboxylic acids is 1. The van der Waals surface area contributed by atoms with Crippen LogP contribution in [0.25, 0.3) is 21.9 Å². The first-order chi connectivity index (χ1) is 16.4. The SMILES string of the molecule is O=C(O)c1cccc(-c2ccc(NS(=O)(=O)c3ccc(OC(F)(F)F)c(Cl)c3)c3ccccc23)c1. The standard InChI is InChI=1S/C24H15ClF3NO5S/c25-20-13-16(8-11-22(20)34-24(26,27)28)35(32,33)29-21-10-9-17(18-6-1-2-7-19(18)21)14-4-3-5-15(12-14)23(30)31/h1-13,29H,(H,30,31). The van der Waals surface area contributed by atoms with Crippen LogP contribution in [0.3, 0.4) is 0 Å². The summed E-state index contributed by atoms with van der Waals surface area (Å²) in [6.45, 7) is 0. The molecule has 0 aliphatic heterocycles. The van der Waals surface area contributed by atoms with Gasteiger partial charge in [0.25, 0.3) is 10.0 Å². The van der Waals surface area contributed by atoms with Crippen LogP contribution in [0.1, 0.15) is 10.4 Å². The van der Waals surface area contributed by atoms with E-state index >= 15 is 0 Å². The largest absolute Gasteiger partial charge is 0.573 e. The molecule has 0 fully saturated rings. The summed E-state index contributed by atoms with van der Waals surface area (Å²) in [5.74, 6) is -1.80. The molecule has 0 amide bonds. The lowest BCUT2D eigenvalue weighted by atomic mass is 9.96. The Morgan fingerprint density at radius 1 is 0.914 bits per heavy atom. The van der Waals surface area contributed by atoms with Crippen LogP contribution in [0.5, 0.6) is 5.75 Å². The third kappa shape index (κ3) is 5.33. The molecule has 0 aliphatic carbocycles. The van der Waals surface area contributed by atoms with Crippen molar-refractivity contribution in [1.82, 2.24) is 0 Å². The van der Waals surface area contributed by atoms with Crippen LogP contribution >= 0.6 is 11.6 Å². The van der Waals surface area contributed by atoms with Gasteiger partial charge < -0.3 is 9.84 Å². The minimum Gasteiger partial charge on any atom is -0.478 e. The number of carbonyl (C=O) groups is 1. The number of aromatic carboxylic acids is 1. The van der Waals surface area contributed by atoms with Crippen LogP contribution in [0.15, 0.2) is 83.8 Å². The van der Waals surface area contributed by atoms with Gasteiger partial charge in [0.1, 0.15) is 5.75 Å². The summed E-state index contributed by atoms with van der Waals surface area (Å²) in [6.07, 6.45) is -4.98. The molecule has 11 heteroatoms. The monoisotopic (exact) mass is 521 g/mol. The lowest BCUT2D eigenvalue weighted by molar-refractivity contribution is -0.274. The van der Waals surface area contributed by atoms with Crippen molar-refractivity contribution in [1.29, 1.82) is 0 Å². The first kappa shape index (κ1) is 24.4. The fourth-order valence-corrected chi connectivity index (χ4v) is 4.91. The van der Waals surface area contributed by atoms with Gasteiger partial charge >= 0.3 is 12.3 Å². The Hall–Kier alpha value is -3.76. The van der Waals surface area contributed by atoms with E-state index in [1.54, 1.807) is 42.5 Å². The van der Waals surface area contributed by atoms with E-state index in [9.17, 15) is 31.5 Å². The van der Waals surface area contributed by atoms with Crippen molar-refractivity contribution in [3.05, 3.63) is 89.4 Å². The molecule has 0 unspecified atom stereocenters. The Morgan fingerprint density at radius 2 is 1.63 bits per heavy atom. The van der Waals surface area contributed by atoms with E-state index in [0.717, 1.165) is 18.2 Å². The molecule has 2 N–H and O–H groups in total. The Balaban J connectivity index is 1.73. The Bertz CT molecular complexity index is 1550. The lowest BCUT2D eigenvalue weighted by Gasteiger charge is -2.15. The highest BCUT2D eigenvalue weighted by Gasteiger charge is 2.32. The number of halogens is 4. The van der Waals surface area contributed by atoms with Gasteiger partial charge in [-0.15, -0.1) is 13.2 Å². The summed E-state index contributed by atoms with van der Waals surface area (Å²) in [6, 6.07) is 19.0. The van der Waals surface area contributed by atoms with Crippen LogP contribution in [0.2, 0.25) is 5.02 Å². The zero-order valence-electron chi connectivity index (χ0n) is 17.5. The van der Waals surface area contributed by atoms with Crippen LogP contribution in [0.4, 0.5) is 18.9 Å². The number of rotatable bonds is 6. The molecule has 4 rings (SSSR count). The summed E-state index contributed by atoms with van der Waals surface area (Å²) >= 11 is 5.80. The highest BCUT2D eigenvalue weighted by molar-refractivity contribution is 7.92. The van der Waals surface area contributed by atoms with Crippen molar-refractivity contribution in [3.8, 4) is 16.9 Å². The smallest absolute Gasteiger partial charge is 0.478 e. The minimum absolute atomic E-state index is 0.103. The van der Waals surface area contributed by atoms with E-state index in [-0.39, 0.29) is 16.1 Å². The molecule has 35 heavy (non-hydrogen) atoms. The Labute approximate surface area is 202 Å². The maximum absolute atomic E-state index is 13.0. The number of anilines is 1. The van der Waals surface area contributed by atoms with E-state index in [0.29, 0.717) is 21.9 Å². The van der Waals surface area contributed by atoms with Crippen LogP contribution in [-0.2, 0) is 10.0 Å². The third-order valence-electron chi connectivity index (χ3n) is 5.03. The zero-order chi connectivity index (χ0) is 25.4. The van der Waals surface area contributed by atoms with E-state index in [1.807, 2.05) is 0 Å². The maximum Gasteiger partial charge on any atom is 0.573 e. The molecule has 4 aromatic rings. The first-order valence-electron chi connectivity index (χ1n) is 9.88. The van der Waals surface area contributed by atoms with Gasteiger partial charge in [-0.3, -0.25) is 4.72 Å². The minimum atomic E-state index is -4.98. The number of benzene rings is 4. The molecule has 0 heterocycles. The number of nitrogens with one attached hydrogen (secondary N) is 1. The normalized spacial score (nSPS) is 11.9. The molecule has 0 saturated carbocycles. The zero-order valence-corrected chi connectivity index (χ0v) is 19.1. The summed E-state index contributed by atoms with van der Waals surface area (Å²) in [5.41, 5.74) is 1.63. The summed E-state index contributed by atoms with van der Waals surface area (Å²) < 4.78 is 69.6. The molecule has 4 aromatic carbocycles. The Morgan fingerprint density at radius 3 is 2.29 bits per heavy atom. The molecular formula is C24H15ClF3NO5S. The molecule has 0 bridgehead atoms. The number of ether oxygens (including phenoxy) is 1. The number of fused-ring (bicyclic) bond motifs is 1. The van der Waals surface area contributed by atoms with Crippen molar-refractivity contribution in [3.63, 3.8) is 0 Å².